The molecule has 2 aliphatic heterocycles. The van der Waals surface area contributed by atoms with Gasteiger partial charge in [-0.2, -0.15) is 0 Å². The topological polar surface area (TPSA) is 114 Å². The lowest BCUT2D eigenvalue weighted by molar-refractivity contribution is -0.143. The van der Waals surface area contributed by atoms with Crippen LogP contribution in [-0.4, -0.2) is 64.7 Å². The van der Waals surface area contributed by atoms with Crippen LogP contribution in [-0.2, 0) is 19.1 Å². The average Bonchev–Trinajstić information content (AvgIpc) is 3.44. The molecule has 0 unspecified atom stereocenters. The first-order chi connectivity index (χ1) is 35.2. The summed E-state index contributed by atoms with van der Waals surface area (Å²) in [7, 11) is 2.71. The first-order valence-corrected chi connectivity index (χ1v) is 24.8. The molecule has 0 fully saturated rings. The molecular formula is C62H62N2O8. The Kier molecular flexibility index (Phi) is 16.1. The highest BCUT2D eigenvalue weighted by atomic mass is 16.6. The van der Waals surface area contributed by atoms with Crippen molar-refractivity contribution in [2.45, 2.75) is 62.8 Å². The van der Waals surface area contributed by atoms with E-state index in [2.05, 4.69) is 180 Å². The lowest BCUT2D eigenvalue weighted by Crippen LogP contribution is -2.37. The number of carbonyl (C=O) groups is 2. The molecule has 10 heteroatoms. The first-order valence-electron chi connectivity index (χ1n) is 24.8. The van der Waals surface area contributed by atoms with Crippen molar-refractivity contribution in [3.05, 3.63) is 215 Å². The Morgan fingerprint density at radius 3 is 1.28 bits per heavy atom. The summed E-state index contributed by atoms with van der Waals surface area (Å²) in [5.74, 6) is 2.79. The maximum atomic E-state index is 11.4. The zero-order valence-electron chi connectivity index (χ0n) is 41.3. The van der Waals surface area contributed by atoms with E-state index in [1.54, 1.807) is 0 Å². The third-order valence-electron chi connectivity index (χ3n) is 13.8. The van der Waals surface area contributed by atoms with Crippen molar-refractivity contribution in [2.75, 3.05) is 40.5 Å². The van der Waals surface area contributed by atoms with Gasteiger partial charge in [-0.25, -0.2) is 9.59 Å². The second-order valence-electron chi connectivity index (χ2n) is 18.4. The third-order valence-corrected chi connectivity index (χ3v) is 13.8. The Morgan fingerprint density at radius 1 is 0.486 bits per heavy atom. The van der Waals surface area contributed by atoms with E-state index in [-0.39, 0.29) is 49.3 Å². The number of hydrogen-bond acceptors (Lipinski definition) is 10. The largest absolute Gasteiger partial charge is 0.489 e. The minimum atomic E-state index is -0.398. The van der Waals surface area contributed by atoms with Gasteiger partial charge in [-0.1, -0.05) is 146 Å². The molecule has 6 atom stereocenters. The second kappa shape index (κ2) is 23.5. The van der Waals surface area contributed by atoms with Gasteiger partial charge >= 0.3 is 11.9 Å². The molecule has 8 aromatic carbocycles. The number of methoxy groups -OCH3 is 2. The summed E-state index contributed by atoms with van der Waals surface area (Å²) < 4.78 is 33.2. The zero-order valence-corrected chi connectivity index (χ0v) is 41.3. The molecule has 2 heterocycles. The van der Waals surface area contributed by atoms with Crippen LogP contribution in [0, 0.1) is 0 Å². The Morgan fingerprint density at radius 2 is 0.861 bits per heavy atom. The molecule has 0 saturated heterocycles. The van der Waals surface area contributed by atoms with Gasteiger partial charge in [-0.15, -0.1) is 0 Å². The highest BCUT2D eigenvalue weighted by molar-refractivity contribution is 5.87. The van der Waals surface area contributed by atoms with Crippen molar-refractivity contribution in [3.8, 4) is 23.0 Å². The normalized spacial score (nSPS) is 17.6. The smallest absolute Gasteiger partial charge is 0.343 e. The fourth-order valence-corrected chi connectivity index (χ4v) is 9.96. The maximum absolute atomic E-state index is 11.4. The van der Waals surface area contributed by atoms with Gasteiger partial charge in [0.05, 0.1) is 14.2 Å². The quantitative estimate of drug-likeness (QED) is 0.0908. The van der Waals surface area contributed by atoms with Gasteiger partial charge in [0, 0.05) is 48.1 Å². The lowest BCUT2D eigenvalue weighted by atomic mass is 9.84. The van der Waals surface area contributed by atoms with Crippen LogP contribution in [0.5, 0.6) is 23.0 Å². The van der Waals surface area contributed by atoms with Crippen LogP contribution in [0.15, 0.2) is 182 Å². The SMILES string of the molecule is COC(=O)COc1ccc([C@@H]2C[C@H](CN[C@H](C)c3cccc4ccccc34)Oc3ccccc32)cc1.COC(=O)COc1ccc([C@H]2C[C@H](CN[C@H](C)c3cccc4ccccc34)Oc3ccccc32)cc1. The fourth-order valence-electron chi connectivity index (χ4n) is 9.96. The summed E-state index contributed by atoms with van der Waals surface area (Å²) in [5.41, 5.74) is 7.37. The van der Waals surface area contributed by atoms with E-state index < -0.39 is 11.9 Å². The minimum Gasteiger partial charge on any atom is -0.489 e. The van der Waals surface area contributed by atoms with Crippen LogP contribution < -0.4 is 29.6 Å². The molecular weight excluding hydrogens is 901 g/mol. The van der Waals surface area contributed by atoms with E-state index in [4.69, 9.17) is 18.9 Å². The van der Waals surface area contributed by atoms with E-state index >= 15 is 0 Å². The van der Waals surface area contributed by atoms with Gasteiger partial charge in [-0.3, -0.25) is 0 Å². The van der Waals surface area contributed by atoms with Crippen molar-refractivity contribution in [1.82, 2.24) is 10.6 Å². The molecule has 72 heavy (non-hydrogen) atoms. The van der Waals surface area contributed by atoms with Crippen molar-refractivity contribution in [2.24, 2.45) is 0 Å². The lowest BCUT2D eigenvalue weighted by Gasteiger charge is -2.33. The summed E-state index contributed by atoms with van der Waals surface area (Å²) in [4.78, 5) is 22.7. The molecule has 2 N–H and O–H groups in total. The van der Waals surface area contributed by atoms with E-state index in [1.165, 1.54) is 69.1 Å². The van der Waals surface area contributed by atoms with Crippen molar-refractivity contribution in [1.29, 1.82) is 0 Å². The van der Waals surface area contributed by atoms with Gasteiger partial charge in [0.2, 0.25) is 0 Å². The molecule has 0 spiro atoms. The summed E-state index contributed by atoms with van der Waals surface area (Å²) in [6.45, 7) is 5.72. The molecule has 0 aromatic heterocycles. The molecule has 0 amide bonds. The highest BCUT2D eigenvalue weighted by Gasteiger charge is 2.31. The second-order valence-corrected chi connectivity index (χ2v) is 18.4. The Hall–Kier alpha value is -7.66. The molecule has 0 bridgehead atoms. The van der Waals surface area contributed by atoms with Gasteiger partial charge in [0.15, 0.2) is 13.2 Å². The number of carbonyl (C=O) groups excluding carboxylic acids is 2. The number of esters is 2. The minimum absolute atomic E-state index is 0.0394. The monoisotopic (exact) mass is 962 g/mol. The number of ether oxygens (including phenoxy) is 6. The molecule has 10 nitrogen and oxygen atoms in total. The first kappa shape index (κ1) is 49.3. The number of rotatable bonds is 16. The molecule has 10 rings (SSSR count). The predicted molar refractivity (Wildman–Crippen MR) is 283 cm³/mol. The Labute approximate surface area is 422 Å². The number of fused-ring (bicyclic) bond motifs is 4. The summed E-state index contributed by atoms with van der Waals surface area (Å²) in [5, 5.41) is 12.5. The van der Waals surface area contributed by atoms with E-state index in [0.717, 1.165) is 37.4 Å². The molecule has 0 aliphatic carbocycles. The molecule has 0 radical (unpaired) electrons. The average molecular weight is 963 g/mol. The van der Waals surface area contributed by atoms with Crippen molar-refractivity contribution in [3.63, 3.8) is 0 Å². The molecule has 8 aromatic rings. The summed E-state index contributed by atoms with van der Waals surface area (Å²) in [6, 6.07) is 62.8. The van der Waals surface area contributed by atoms with Crippen molar-refractivity contribution < 1.29 is 38.0 Å². The zero-order chi connectivity index (χ0) is 49.8. The standard InChI is InChI=1S/2C31H31NO4/c2*1-21(26-12-7-9-22-8-3-4-10-27(22)26)32-19-25-18-29(28-11-5-6-13-30(28)36-25)23-14-16-24(17-15-23)35-20-31(33)34-2/h2*3-17,21,25,29,32H,18-20H2,1-2H3/t21-,25-,29+;21-,25-,29-/m11/s1. The number of hydrogen-bond donors (Lipinski definition) is 2. The number of para-hydroxylation sites is 2. The van der Waals surface area contributed by atoms with Crippen LogP contribution in [0.25, 0.3) is 21.5 Å². The number of nitrogens with one attached hydrogen (secondary N) is 2. The van der Waals surface area contributed by atoms with Gasteiger partial charge in [0.25, 0.3) is 0 Å². The Bertz CT molecular complexity index is 2870. The van der Waals surface area contributed by atoms with E-state index in [9.17, 15) is 9.59 Å². The highest BCUT2D eigenvalue weighted by Crippen LogP contribution is 2.42. The summed E-state index contributed by atoms with van der Waals surface area (Å²) in [6.07, 6.45) is 1.82. The van der Waals surface area contributed by atoms with Crippen LogP contribution in [0.3, 0.4) is 0 Å². The number of benzene rings is 8. The van der Waals surface area contributed by atoms with Crippen molar-refractivity contribution >= 4 is 33.5 Å². The van der Waals surface area contributed by atoms with Crippen LogP contribution in [0.2, 0.25) is 0 Å². The molecule has 368 valence electrons. The third kappa shape index (κ3) is 11.9. The predicted octanol–water partition coefficient (Wildman–Crippen LogP) is 12.1. The maximum Gasteiger partial charge on any atom is 0.343 e. The van der Waals surface area contributed by atoms with E-state index in [1.807, 2.05) is 36.4 Å². The van der Waals surface area contributed by atoms with Gasteiger partial charge < -0.3 is 39.1 Å². The van der Waals surface area contributed by atoms with Crippen LogP contribution in [0.1, 0.15) is 84.0 Å². The Balaban J connectivity index is 0.000000178. The van der Waals surface area contributed by atoms with E-state index in [0.29, 0.717) is 11.5 Å². The van der Waals surface area contributed by atoms with Gasteiger partial charge in [0.1, 0.15) is 35.2 Å². The van der Waals surface area contributed by atoms with Crippen LogP contribution >= 0.6 is 0 Å². The fraction of sp³-hybridized carbons (Fsp3) is 0.258. The molecule has 0 saturated carbocycles. The summed E-state index contributed by atoms with van der Waals surface area (Å²) >= 11 is 0. The van der Waals surface area contributed by atoms with Gasteiger partial charge in [-0.05, 0) is 107 Å². The molecule has 2 aliphatic rings. The van der Waals surface area contributed by atoms with Crippen LogP contribution in [0.4, 0.5) is 0 Å².